The molecule has 0 saturated heterocycles. The van der Waals surface area contributed by atoms with E-state index in [1.807, 2.05) is 0 Å². The van der Waals surface area contributed by atoms with Crippen molar-refractivity contribution < 1.29 is 0 Å². The van der Waals surface area contributed by atoms with Crippen molar-refractivity contribution in [2.45, 2.75) is 51.4 Å². The van der Waals surface area contributed by atoms with Crippen LogP contribution in [-0.4, -0.2) is 0 Å². The summed E-state index contributed by atoms with van der Waals surface area (Å²) in [7, 11) is 0. The van der Waals surface area contributed by atoms with Gasteiger partial charge < -0.3 is 0 Å². The Morgan fingerprint density at radius 2 is 1.00 bits per heavy atom. The van der Waals surface area contributed by atoms with Crippen LogP contribution in [0, 0.1) is 5.92 Å². The first-order chi connectivity index (χ1) is 11.4. The Hall–Kier alpha value is -1.82. The highest BCUT2D eigenvalue weighted by atomic mass is 14.2. The summed E-state index contributed by atoms with van der Waals surface area (Å²) < 4.78 is 0. The fraction of sp³-hybridized carbons (Fsp3) is 0.348. The largest absolute Gasteiger partial charge is 0.0616 e. The molecule has 1 radical (unpaired) electrons. The summed E-state index contributed by atoms with van der Waals surface area (Å²) in [5.41, 5.74) is 1.54. The SMILES string of the molecule is c1ccc2c([C]3CCCCCCCC3)c3ccccc3cc2c1. The van der Waals surface area contributed by atoms with Crippen molar-refractivity contribution >= 4 is 21.5 Å². The van der Waals surface area contributed by atoms with Crippen LogP contribution < -0.4 is 0 Å². The molecule has 1 aliphatic carbocycles. The molecule has 23 heavy (non-hydrogen) atoms. The molecule has 0 heteroatoms. The van der Waals surface area contributed by atoms with Crippen molar-refractivity contribution in [3.8, 4) is 0 Å². The summed E-state index contributed by atoms with van der Waals surface area (Å²) in [5.74, 6) is 1.69. The number of fused-ring (bicyclic) bond motifs is 2. The minimum Gasteiger partial charge on any atom is -0.0616 e. The predicted octanol–water partition coefficient (Wildman–Crippen LogP) is 7.05. The van der Waals surface area contributed by atoms with Crippen molar-refractivity contribution in [1.82, 2.24) is 0 Å². The van der Waals surface area contributed by atoms with Crippen molar-refractivity contribution in [2.75, 3.05) is 0 Å². The van der Waals surface area contributed by atoms with Crippen LogP contribution >= 0.6 is 0 Å². The second-order valence-corrected chi connectivity index (χ2v) is 6.92. The topological polar surface area (TPSA) is 0 Å². The molecule has 0 nitrogen and oxygen atoms in total. The molecule has 0 bridgehead atoms. The van der Waals surface area contributed by atoms with E-state index in [1.165, 1.54) is 72.9 Å². The molecule has 0 atom stereocenters. The molecule has 0 N–H and O–H groups in total. The zero-order valence-electron chi connectivity index (χ0n) is 13.9. The highest BCUT2D eigenvalue weighted by molar-refractivity contribution is 6.04. The monoisotopic (exact) mass is 301 g/mol. The second-order valence-electron chi connectivity index (χ2n) is 6.92. The Morgan fingerprint density at radius 1 is 0.522 bits per heavy atom. The molecule has 0 unspecified atom stereocenters. The smallest absolute Gasteiger partial charge is 0.00625 e. The van der Waals surface area contributed by atoms with Crippen LogP contribution in [0.1, 0.15) is 56.9 Å². The lowest BCUT2D eigenvalue weighted by molar-refractivity contribution is 0.624. The zero-order valence-corrected chi connectivity index (χ0v) is 13.9. The van der Waals surface area contributed by atoms with Gasteiger partial charge in [0.1, 0.15) is 0 Å². The van der Waals surface area contributed by atoms with Crippen LogP contribution in [0.4, 0.5) is 0 Å². The molecule has 4 rings (SSSR count). The molecule has 3 aromatic carbocycles. The Kier molecular flexibility index (Phi) is 4.33. The highest BCUT2D eigenvalue weighted by Crippen LogP contribution is 2.38. The number of rotatable bonds is 1. The molecule has 0 aromatic heterocycles. The average molecular weight is 301 g/mol. The van der Waals surface area contributed by atoms with E-state index in [9.17, 15) is 0 Å². The van der Waals surface area contributed by atoms with Gasteiger partial charge >= 0.3 is 0 Å². The molecule has 1 fully saturated rings. The van der Waals surface area contributed by atoms with E-state index in [0.29, 0.717) is 0 Å². The van der Waals surface area contributed by atoms with E-state index in [-0.39, 0.29) is 0 Å². The van der Waals surface area contributed by atoms with Crippen LogP contribution in [-0.2, 0) is 0 Å². The molecule has 0 amide bonds. The van der Waals surface area contributed by atoms with E-state index < -0.39 is 0 Å². The van der Waals surface area contributed by atoms with E-state index in [4.69, 9.17) is 0 Å². The fourth-order valence-electron chi connectivity index (χ4n) is 4.15. The Morgan fingerprint density at radius 3 is 1.57 bits per heavy atom. The molecule has 1 aliphatic rings. The summed E-state index contributed by atoms with van der Waals surface area (Å²) in [5, 5.41) is 5.66. The van der Waals surface area contributed by atoms with Crippen molar-refractivity contribution in [1.29, 1.82) is 0 Å². The number of hydrogen-bond acceptors (Lipinski definition) is 0. The summed E-state index contributed by atoms with van der Waals surface area (Å²) >= 11 is 0. The lowest BCUT2D eigenvalue weighted by Crippen LogP contribution is -2.02. The van der Waals surface area contributed by atoms with Crippen LogP contribution in [0.2, 0.25) is 0 Å². The molecule has 0 aliphatic heterocycles. The van der Waals surface area contributed by atoms with Crippen LogP contribution in [0.15, 0.2) is 54.6 Å². The van der Waals surface area contributed by atoms with E-state index >= 15 is 0 Å². The van der Waals surface area contributed by atoms with E-state index in [2.05, 4.69) is 54.6 Å². The standard InChI is InChI=1S/C23H25/c1-2-4-6-12-18(11-5-3-1)23-21-15-9-7-13-19(21)17-20-14-8-10-16-22(20)23/h7-10,13-17H,1-6,11-12H2. The zero-order chi connectivity index (χ0) is 15.5. The molecule has 3 aromatic rings. The van der Waals surface area contributed by atoms with Gasteiger partial charge in [0.05, 0.1) is 0 Å². The quantitative estimate of drug-likeness (QED) is 0.422. The maximum Gasteiger partial charge on any atom is 0.00625 e. The molecule has 0 spiro atoms. The summed E-state index contributed by atoms with van der Waals surface area (Å²) in [4.78, 5) is 0. The third kappa shape index (κ3) is 3.00. The minimum atomic E-state index is 1.28. The first-order valence-electron chi connectivity index (χ1n) is 9.19. The summed E-state index contributed by atoms with van der Waals surface area (Å²) in [6.07, 6.45) is 10.9. The van der Waals surface area contributed by atoms with Gasteiger partial charge in [-0.2, -0.15) is 0 Å². The molecule has 117 valence electrons. The molecule has 1 saturated carbocycles. The lowest BCUT2D eigenvalue weighted by atomic mass is 9.83. The van der Waals surface area contributed by atoms with E-state index in [0.717, 1.165) is 0 Å². The van der Waals surface area contributed by atoms with Crippen molar-refractivity contribution in [2.24, 2.45) is 0 Å². The minimum absolute atomic E-state index is 1.28. The number of benzene rings is 3. The normalized spacial score (nSPS) is 17.7. The Bertz CT molecular complexity index is 735. The fourth-order valence-corrected chi connectivity index (χ4v) is 4.15. The van der Waals surface area contributed by atoms with Gasteiger partial charge in [-0.1, -0.05) is 87.1 Å². The highest BCUT2D eigenvalue weighted by Gasteiger charge is 2.19. The van der Waals surface area contributed by atoms with Crippen LogP contribution in [0.5, 0.6) is 0 Å². The predicted molar refractivity (Wildman–Crippen MR) is 101 cm³/mol. The molecular formula is C23H25. The third-order valence-corrected chi connectivity index (χ3v) is 5.33. The van der Waals surface area contributed by atoms with Gasteiger partial charge in [-0.3, -0.25) is 0 Å². The summed E-state index contributed by atoms with van der Waals surface area (Å²) in [6, 6.07) is 20.2. The average Bonchev–Trinajstić information content (AvgIpc) is 2.73. The van der Waals surface area contributed by atoms with Gasteiger partial charge in [0.15, 0.2) is 0 Å². The van der Waals surface area contributed by atoms with Crippen LogP contribution in [0.25, 0.3) is 21.5 Å². The Labute approximate surface area is 139 Å². The van der Waals surface area contributed by atoms with Crippen LogP contribution in [0.3, 0.4) is 0 Å². The van der Waals surface area contributed by atoms with Gasteiger partial charge in [-0.15, -0.1) is 0 Å². The second kappa shape index (κ2) is 6.74. The maximum atomic E-state index is 2.35. The first-order valence-corrected chi connectivity index (χ1v) is 9.19. The van der Waals surface area contributed by atoms with E-state index in [1.54, 1.807) is 11.5 Å². The van der Waals surface area contributed by atoms with Gasteiger partial charge in [-0.25, -0.2) is 0 Å². The molecule has 0 heterocycles. The van der Waals surface area contributed by atoms with Crippen molar-refractivity contribution in [3.05, 3.63) is 66.1 Å². The lowest BCUT2D eigenvalue weighted by Gasteiger charge is -2.21. The third-order valence-electron chi connectivity index (χ3n) is 5.33. The first kappa shape index (κ1) is 14.8. The summed E-state index contributed by atoms with van der Waals surface area (Å²) in [6.45, 7) is 0. The van der Waals surface area contributed by atoms with Crippen molar-refractivity contribution in [3.63, 3.8) is 0 Å². The van der Waals surface area contributed by atoms with Gasteiger partial charge in [-0.05, 0) is 46.0 Å². The van der Waals surface area contributed by atoms with Gasteiger partial charge in [0.25, 0.3) is 0 Å². The van der Waals surface area contributed by atoms with Gasteiger partial charge in [0.2, 0.25) is 0 Å². The maximum absolute atomic E-state index is 2.35. The Balaban J connectivity index is 1.90. The molecular weight excluding hydrogens is 276 g/mol. The number of hydrogen-bond donors (Lipinski definition) is 0. The van der Waals surface area contributed by atoms with Gasteiger partial charge in [0, 0.05) is 5.92 Å².